The van der Waals surface area contributed by atoms with Crippen LogP contribution in [0, 0.1) is 0 Å². The third kappa shape index (κ3) is 4.24. The Morgan fingerprint density at radius 1 is 1.32 bits per heavy atom. The maximum absolute atomic E-state index is 12.0. The van der Waals surface area contributed by atoms with Crippen LogP contribution in [0.5, 0.6) is 0 Å². The highest BCUT2D eigenvalue weighted by Crippen LogP contribution is 2.20. The van der Waals surface area contributed by atoms with Crippen LogP contribution in [-0.2, 0) is 16.0 Å². The fourth-order valence-electron chi connectivity index (χ4n) is 2.59. The minimum absolute atomic E-state index is 0.107. The summed E-state index contributed by atoms with van der Waals surface area (Å²) in [6.45, 7) is 2.03. The molecular formula is C18H19N3O3S. The predicted molar refractivity (Wildman–Crippen MR) is 97.9 cm³/mol. The van der Waals surface area contributed by atoms with Crippen LogP contribution >= 0.6 is 11.3 Å². The minimum Gasteiger partial charge on any atom is -0.461 e. The van der Waals surface area contributed by atoms with E-state index in [1.54, 1.807) is 12.3 Å². The Balaban J connectivity index is 1.49. The molecule has 25 heavy (non-hydrogen) atoms. The molecule has 3 rings (SSSR count). The first-order valence-electron chi connectivity index (χ1n) is 8.15. The molecule has 2 aromatic heterocycles. The number of H-pyrrole nitrogens is 1. The lowest BCUT2D eigenvalue weighted by atomic mass is 10.1. The first kappa shape index (κ1) is 17.2. The van der Waals surface area contributed by atoms with Gasteiger partial charge in [0.1, 0.15) is 0 Å². The van der Waals surface area contributed by atoms with Gasteiger partial charge in [-0.25, -0.2) is 9.78 Å². The summed E-state index contributed by atoms with van der Waals surface area (Å²) in [5, 5.41) is 5.93. The molecule has 0 bridgehead atoms. The smallest absolute Gasteiger partial charge is 0.357 e. The number of aromatic amines is 1. The fourth-order valence-corrected chi connectivity index (χ4v) is 3.29. The molecule has 2 heterocycles. The Hall–Kier alpha value is -2.67. The second kappa shape index (κ2) is 7.94. The molecule has 1 aromatic carbocycles. The fraction of sp³-hybridized carbons (Fsp3) is 0.278. The van der Waals surface area contributed by atoms with Crippen molar-refractivity contribution >= 4 is 39.2 Å². The summed E-state index contributed by atoms with van der Waals surface area (Å²) < 4.78 is 4.88. The van der Waals surface area contributed by atoms with Gasteiger partial charge in [-0.1, -0.05) is 18.2 Å². The number of rotatable bonds is 7. The quantitative estimate of drug-likeness (QED) is 0.631. The highest BCUT2D eigenvalue weighted by atomic mass is 32.1. The molecule has 0 aliphatic rings. The van der Waals surface area contributed by atoms with Gasteiger partial charge in [-0.05, 0) is 31.4 Å². The molecule has 130 valence electrons. The Morgan fingerprint density at radius 3 is 3.00 bits per heavy atom. The Labute approximate surface area is 149 Å². The summed E-state index contributed by atoms with van der Waals surface area (Å²) in [6, 6.07) is 8.12. The lowest BCUT2D eigenvalue weighted by Crippen LogP contribution is -2.12. The van der Waals surface area contributed by atoms with Crippen molar-refractivity contribution in [3.8, 4) is 0 Å². The van der Waals surface area contributed by atoms with Gasteiger partial charge in [0.2, 0.25) is 5.91 Å². The number of esters is 1. The minimum atomic E-state index is -0.474. The number of aromatic nitrogens is 2. The summed E-state index contributed by atoms with van der Waals surface area (Å²) in [6.07, 6.45) is 3.95. The van der Waals surface area contributed by atoms with Gasteiger partial charge in [0.05, 0.1) is 6.61 Å². The number of aryl methyl sites for hydroxylation is 1. The molecule has 1 amide bonds. The van der Waals surface area contributed by atoms with Crippen LogP contribution in [0.3, 0.4) is 0 Å². The molecule has 0 saturated carbocycles. The van der Waals surface area contributed by atoms with Crippen LogP contribution in [0.25, 0.3) is 10.9 Å². The van der Waals surface area contributed by atoms with E-state index in [4.69, 9.17) is 4.74 Å². The Kier molecular flexibility index (Phi) is 5.45. The topological polar surface area (TPSA) is 84.1 Å². The number of benzene rings is 1. The summed E-state index contributed by atoms with van der Waals surface area (Å²) >= 11 is 1.22. The Morgan fingerprint density at radius 2 is 2.16 bits per heavy atom. The molecule has 0 spiro atoms. The second-order valence-corrected chi connectivity index (χ2v) is 6.38. The van der Waals surface area contributed by atoms with E-state index in [1.165, 1.54) is 22.3 Å². The molecule has 0 radical (unpaired) electrons. The predicted octanol–water partition coefficient (Wildman–Crippen LogP) is 3.76. The van der Waals surface area contributed by atoms with Crippen LogP contribution in [0.4, 0.5) is 5.13 Å². The molecule has 0 aliphatic heterocycles. The van der Waals surface area contributed by atoms with E-state index in [9.17, 15) is 9.59 Å². The molecule has 0 unspecified atom stereocenters. The van der Waals surface area contributed by atoms with Crippen molar-refractivity contribution in [2.75, 3.05) is 11.9 Å². The molecule has 0 atom stereocenters. The van der Waals surface area contributed by atoms with Crippen LogP contribution in [0.1, 0.15) is 35.8 Å². The molecule has 2 N–H and O–H groups in total. The van der Waals surface area contributed by atoms with Crippen molar-refractivity contribution in [2.45, 2.75) is 26.2 Å². The van der Waals surface area contributed by atoms with Crippen molar-refractivity contribution in [1.29, 1.82) is 0 Å². The molecule has 6 nitrogen and oxygen atoms in total. The largest absolute Gasteiger partial charge is 0.461 e. The summed E-state index contributed by atoms with van der Waals surface area (Å²) in [5.41, 5.74) is 2.54. The van der Waals surface area contributed by atoms with E-state index in [1.807, 2.05) is 24.4 Å². The maximum atomic E-state index is 12.0. The molecule has 0 saturated heterocycles. The monoisotopic (exact) mass is 357 g/mol. The third-order valence-corrected chi connectivity index (χ3v) is 4.52. The number of carbonyl (C=O) groups excluding carboxylic acids is 2. The maximum Gasteiger partial charge on any atom is 0.357 e. The highest BCUT2D eigenvalue weighted by Gasteiger charge is 2.13. The highest BCUT2D eigenvalue weighted by molar-refractivity contribution is 7.14. The number of thiazole rings is 1. The van der Waals surface area contributed by atoms with Gasteiger partial charge in [-0.2, -0.15) is 0 Å². The standard InChI is InChI=1S/C18H19N3O3S/c1-2-24-17(23)15-11-25-18(20-15)21-16(22)9-5-6-12-10-19-14-8-4-3-7-13(12)14/h3-4,7-8,10-11,19H,2,5-6,9H2,1H3,(H,20,21,22). The summed E-state index contributed by atoms with van der Waals surface area (Å²) in [5.74, 6) is -0.580. The average Bonchev–Trinajstić information content (AvgIpc) is 3.23. The van der Waals surface area contributed by atoms with Crippen LogP contribution in [0.15, 0.2) is 35.8 Å². The van der Waals surface area contributed by atoms with Gasteiger partial charge in [0.15, 0.2) is 10.8 Å². The zero-order chi connectivity index (χ0) is 17.6. The average molecular weight is 357 g/mol. The third-order valence-electron chi connectivity index (χ3n) is 3.76. The number of amides is 1. The number of nitrogens with one attached hydrogen (secondary N) is 2. The van der Waals surface area contributed by atoms with Crippen molar-refractivity contribution < 1.29 is 14.3 Å². The van der Waals surface area contributed by atoms with E-state index in [2.05, 4.69) is 21.4 Å². The first-order chi connectivity index (χ1) is 12.2. The van der Waals surface area contributed by atoms with E-state index in [0.29, 0.717) is 18.2 Å². The summed E-state index contributed by atoms with van der Waals surface area (Å²) in [7, 11) is 0. The van der Waals surface area contributed by atoms with Crippen molar-refractivity contribution in [2.24, 2.45) is 0 Å². The lowest BCUT2D eigenvalue weighted by molar-refractivity contribution is -0.116. The Bertz CT molecular complexity index is 884. The molecular weight excluding hydrogens is 338 g/mol. The zero-order valence-corrected chi connectivity index (χ0v) is 14.7. The van der Waals surface area contributed by atoms with Gasteiger partial charge >= 0.3 is 5.97 Å². The number of ether oxygens (including phenoxy) is 1. The van der Waals surface area contributed by atoms with Crippen molar-refractivity contribution in [1.82, 2.24) is 9.97 Å². The number of para-hydroxylation sites is 1. The van der Waals surface area contributed by atoms with Gasteiger partial charge < -0.3 is 15.0 Å². The lowest BCUT2D eigenvalue weighted by Gasteiger charge is -2.02. The van der Waals surface area contributed by atoms with E-state index in [-0.39, 0.29) is 11.6 Å². The molecule has 0 aliphatic carbocycles. The first-order valence-corrected chi connectivity index (χ1v) is 9.03. The van der Waals surface area contributed by atoms with Gasteiger partial charge in [-0.15, -0.1) is 11.3 Å². The normalized spacial score (nSPS) is 10.8. The number of fused-ring (bicyclic) bond motifs is 1. The number of hydrogen-bond acceptors (Lipinski definition) is 5. The van der Waals surface area contributed by atoms with E-state index >= 15 is 0 Å². The van der Waals surface area contributed by atoms with Crippen molar-refractivity contribution in [3.05, 3.63) is 47.1 Å². The van der Waals surface area contributed by atoms with Crippen molar-refractivity contribution in [3.63, 3.8) is 0 Å². The molecule has 0 fully saturated rings. The summed E-state index contributed by atoms with van der Waals surface area (Å²) in [4.78, 5) is 30.9. The van der Waals surface area contributed by atoms with E-state index in [0.717, 1.165) is 18.4 Å². The molecule has 3 aromatic rings. The second-order valence-electron chi connectivity index (χ2n) is 5.52. The van der Waals surface area contributed by atoms with Gasteiger partial charge in [0, 0.05) is 28.9 Å². The molecule has 7 heteroatoms. The number of hydrogen-bond donors (Lipinski definition) is 2. The number of anilines is 1. The number of carbonyl (C=O) groups is 2. The van der Waals surface area contributed by atoms with Gasteiger partial charge in [0.25, 0.3) is 0 Å². The van der Waals surface area contributed by atoms with Crippen LogP contribution in [0.2, 0.25) is 0 Å². The van der Waals surface area contributed by atoms with Crippen LogP contribution < -0.4 is 5.32 Å². The zero-order valence-electron chi connectivity index (χ0n) is 13.9. The van der Waals surface area contributed by atoms with Crippen LogP contribution in [-0.4, -0.2) is 28.5 Å². The van der Waals surface area contributed by atoms with Gasteiger partial charge in [-0.3, -0.25) is 4.79 Å². The number of nitrogens with zero attached hydrogens (tertiary/aromatic N) is 1. The van der Waals surface area contributed by atoms with E-state index < -0.39 is 5.97 Å². The SMILES string of the molecule is CCOC(=O)c1csc(NC(=O)CCCc2c[nH]c3ccccc23)n1.